The van der Waals surface area contributed by atoms with Crippen LogP contribution in [-0.2, 0) is 0 Å². The highest BCUT2D eigenvalue weighted by Gasteiger charge is 2.30. The van der Waals surface area contributed by atoms with Crippen LogP contribution < -0.4 is 5.73 Å². The van der Waals surface area contributed by atoms with E-state index in [1.807, 2.05) is 0 Å². The number of hydrogen-bond acceptors (Lipinski definition) is 1. The minimum atomic E-state index is 0.565. The van der Waals surface area contributed by atoms with Gasteiger partial charge in [0.25, 0.3) is 0 Å². The third-order valence-electron chi connectivity index (χ3n) is 3.89. The SMILES string of the molecule is NCC(c1ccc(-c2ccccc2)cc1)C1CC1. The zero-order valence-corrected chi connectivity index (χ0v) is 10.5. The highest BCUT2D eigenvalue weighted by molar-refractivity contribution is 5.63. The fourth-order valence-corrected chi connectivity index (χ4v) is 2.65. The minimum absolute atomic E-state index is 0.565. The summed E-state index contributed by atoms with van der Waals surface area (Å²) in [6, 6.07) is 19.4. The van der Waals surface area contributed by atoms with Crippen LogP contribution in [0.2, 0.25) is 0 Å². The molecule has 1 fully saturated rings. The maximum atomic E-state index is 5.89. The van der Waals surface area contributed by atoms with E-state index in [1.54, 1.807) is 0 Å². The summed E-state index contributed by atoms with van der Waals surface area (Å²) < 4.78 is 0. The van der Waals surface area contributed by atoms with Crippen LogP contribution in [0.4, 0.5) is 0 Å². The van der Waals surface area contributed by atoms with Crippen LogP contribution in [0, 0.1) is 5.92 Å². The van der Waals surface area contributed by atoms with E-state index in [0.717, 1.165) is 12.5 Å². The minimum Gasteiger partial charge on any atom is -0.330 e. The van der Waals surface area contributed by atoms with E-state index in [9.17, 15) is 0 Å². The van der Waals surface area contributed by atoms with E-state index in [4.69, 9.17) is 5.73 Å². The summed E-state index contributed by atoms with van der Waals surface area (Å²) in [7, 11) is 0. The molecular weight excluding hydrogens is 218 g/mol. The lowest BCUT2D eigenvalue weighted by Crippen LogP contribution is -2.14. The molecule has 0 bridgehead atoms. The van der Waals surface area contributed by atoms with Crippen LogP contribution in [0.15, 0.2) is 54.6 Å². The van der Waals surface area contributed by atoms with Crippen molar-refractivity contribution in [2.45, 2.75) is 18.8 Å². The van der Waals surface area contributed by atoms with Gasteiger partial charge < -0.3 is 5.73 Å². The van der Waals surface area contributed by atoms with Crippen molar-refractivity contribution < 1.29 is 0 Å². The summed E-state index contributed by atoms with van der Waals surface area (Å²) in [5.74, 6) is 1.40. The van der Waals surface area contributed by atoms with Gasteiger partial charge in [-0.05, 0) is 47.9 Å². The van der Waals surface area contributed by atoms with Crippen molar-refractivity contribution >= 4 is 0 Å². The van der Waals surface area contributed by atoms with Gasteiger partial charge in [0.1, 0.15) is 0 Å². The lowest BCUT2D eigenvalue weighted by atomic mass is 9.92. The van der Waals surface area contributed by atoms with Gasteiger partial charge in [0, 0.05) is 0 Å². The van der Waals surface area contributed by atoms with E-state index < -0.39 is 0 Å². The Morgan fingerprint density at radius 2 is 1.50 bits per heavy atom. The lowest BCUT2D eigenvalue weighted by Gasteiger charge is -2.14. The highest BCUT2D eigenvalue weighted by atomic mass is 14.6. The second kappa shape index (κ2) is 4.95. The van der Waals surface area contributed by atoms with E-state index >= 15 is 0 Å². The standard InChI is InChI=1S/C17H19N/c18-12-17(16-10-11-16)15-8-6-14(7-9-15)13-4-2-1-3-5-13/h1-9,16-17H,10-12,18H2. The van der Waals surface area contributed by atoms with Gasteiger partial charge in [-0.1, -0.05) is 54.6 Å². The lowest BCUT2D eigenvalue weighted by molar-refractivity contribution is 0.616. The molecular formula is C17H19N. The van der Waals surface area contributed by atoms with E-state index in [1.165, 1.54) is 29.5 Å². The Bertz CT molecular complexity index is 497. The van der Waals surface area contributed by atoms with Crippen molar-refractivity contribution in [2.24, 2.45) is 11.7 Å². The second-order valence-electron chi connectivity index (χ2n) is 5.17. The average molecular weight is 237 g/mol. The van der Waals surface area contributed by atoms with Gasteiger partial charge in [-0.3, -0.25) is 0 Å². The number of hydrogen-bond donors (Lipinski definition) is 1. The summed E-state index contributed by atoms with van der Waals surface area (Å²) in [6.07, 6.45) is 2.70. The first kappa shape index (κ1) is 11.5. The largest absolute Gasteiger partial charge is 0.330 e. The van der Waals surface area contributed by atoms with Crippen LogP contribution in [-0.4, -0.2) is 6.54 Å². The molecule has 18 heavy (non-hydrogen) atoms. The average Bonchev–Trinajstić information content (AvgIpc) is 3.26. The Hall–Kier alpha value is -1.60. The van der Waals surface area contributed by atoms with Crippen LogP contribution >= 0.6 is 0 Å². The summed E-state index contributed by atoms with van der Waals surface area (Å²) >= 11 is 0. The molecule has 2 N–H and O–H groups in total. The van der Waals surface area contributed by atoms with Gasteiger partial charge in [-0.2, -0.15) is 0 Å². The molecule has 1 atom stereocenters. The molecule has 1 aliphatic carbocycles. The Balaban J connectivity index is 1.84. The number of nitrogens with two attached hydrogens (primary N) is 1. The first-order valence-corrected chi connectivity index (χ1v) is 6.74. The van der Waals surface area contributed by atoms with E-state index in [0.29, 0.717) is 5.92 Å². The predicted octanol–water partition coefficient (Wildman–Crippen LogP) is 3.81. The zero-order valence-electron chi connectivity index (χ0n) is 10.5. The van der Waals surface area contributed by atoms with Gasteiger partial charge in [-0.15, -0.1) is 0 Å². The Labute approximate surface area is 109 Å². The topological polar surface area (TPSA) is 26.0 Å². The molecule has 0 heterocycles. The van der Waals surface area contributed by atoms with Crippen molar-refractivity contribution in [2.75, 3.05) is 6.54 Å². The molecule has 0 radical (unpaired) electrons. The third-order valence-corrected chi connectivity index (χ3v) is 3.89. The fourth-order valence-electron chi connectivity index (χ4n) is 2.65. The third kappa shape index (κ3) is 2.32. The normalized spacial score (nSPS) is 16.5. The predicted molar refractivity (Wildman–Crippen MR) is 76.4 cm³/mol. The molecule has 1 heteroatoms. The quantitative estimate of drug-likeness (QED) is 0.859. The van der Waals surface area contributed by atoms with Gasteiger partial charge in [0.2, 0.25) is 0 Å². The Morgan fingerprint density at radius 1 is 0.889 bits per heavy atom. The van der Waals surface area contributed by atoms with Crippen LogP contribution in [0.25, 0.3) is 11.1 Å². The molecule has 2 aromatic carbocycles. The molecule has 1 nitrogen and oxygen atoms in total. The highest BCUT2D eigenvalue weighted by Crippen LogP contribution is 2.42. The van der Waals surface area contributed by atoms with E-state index in [2.05, 4.69) is 54.6 Å². The van der Waals surface area contributed by atoms with Gasteiger partial charge in [0.05, 0.1) is 0 Å². The van der Waals surface area contributed by atoms with Crippen molar-refractivity contribution in [1.82, 2.24) is 0 Å². The molecule has 0 amide bonds. The zero-order chi connectivity index (χ0) is 12.4. The maximum absolute atomic E-state index is 5.89. The monoisotopic (exact) mass is 237 g/mol. The molecule has 0 spiro atoms. The smallest absolute Gasteiger partial charge is 0.000556 e. The molecule has 1 unspecified atom stereocenters. The van der Waals surface area contributed by atoms with Crippen LogP contribution in [0.5, 0.6) is 0 Å². The fraction of sp³-hybridized carbons (Fsp3) is 0.294. The van der Waals surface area contributed by atoms with Gasteiger partial charge in [0.15, 0.2) is 0 Å². The van der Waals surface area contributed by atoms with Crippen molar-refractivity contribution in [1.29, 1.82) is 0 Å². The molecule has 1 aliphatic rings. The number of rotatable bonds is 4. The Kier molecular flexibility index (Phi) is 3.16. The van der Waals surface area contributed by atoms with Gasteiger partial charge in [-0.25, -0.2) is 0 Å². The van der Waals surface area contributed by atoms with Crippen LogP contribution in [0.3, 0.4) is 0 Å². The molecule has 1 saturated carbocycles. The maximum Gasteiger partial charge on any atom is -0.000556 e. The van der Waals surface area contributed by atoms with Crippen molar-refractivity contribution in [3.8, 4) is 11.1 Å². The second-order valence-corrected chi connectivity index (χ2v) is 5.17. The number of benzene rings is 2. The van der Waals surface area contributed by atoms with E-state index in [-0.39, 0.29) is 0 Å². The summed E-state index contributed by atoms with van der Waals surface area (Å²) in [5.41, 5.74) is 9.86. The van der Waals surface area contributed by atoms with Gasteiger partial charge >= 0.3 is 0 Å². The first-order chi connectivity index (χ1) is 8.88. The summed E-state index contributed by atoms with van der Waals surface area (Å²) in [4.78, 5) is 0. The molecule has 0 saturated heterocycles. The first-order valence-electron chi connectivity index (χ1n) is 6.74. The molecule has 0 aromatic heterocycles. The molecule has 2 aromatic rings. The molecule has 92 valence electrons. The Morgan fingerprint density at radius 3 is 2.06 bits per heavy atom. The summed E-state index contributed by atoms with van der Waals surface area (Å²) in [5, 5.41) is 0. The molecule has 0 aliphatic heterocycles. The molecule has 3 rings (SSSR count). The van der Waals surface area contributed by atoms with Crippen molar-refractivity contribution in [3.63, 3.8) is 0 Å². The van der Waals surface area contributed by atoms with Crippen molar-refractivity contribution in [3.05, 3.63) is 60.2 Å². The van der Waals surface area contributed by atoms with Crippen LogP contribution in [0.1, 0.15) is 24.3 Å². The summed E-state index contributed by atoms with van der Waals surface area (Å²) in [6.45, 7) is 0.773.